The van der Waals surface area contributed by atoms with Crippen LogP contribution in [0.15, 0.2) is 54.6 Å². The number of nitrogens with zero attached hydrogens (tertiary/aromatic N) is 1. The van der Waals surface area contributed by atoms with Gasteiger partial charge in [-0.3, -0.25) is 4.79 Å². The van der Waals surface area contributed by atoms with Gasteiger partial charge in [-0.2, -0.15) is 0 Å². The molecule has 0 spiro atoms. The Bertz CT molecular complexity index is 760. The second-order valence-corrected chi connectivity index (χ2v) is 6.55. The molecule has 1 heterocycles. The molecule has 0 radical (unpaired) electrons. The minimum Gasteiger partial charge on any atom is -0.482 e. The van der Waals surface area contributed by atoms with Gasteiger partial charge in [-0.05, 0) is 49.4 Å². The molecule has 2 aromatic rings. The van der Waals surface area contributed by atoms with Gasteiger partial charge in [0, 0.05) is 18.2 Å². The molecule has 0 bridgehead atoms. The van der Waals surface area contributed by atoms with Crippen LogP contribution in [0.5, 0.6) is 5.75 Å². The smallest absolute Gasteiger partial charge is 0.341 e. The van der Waals surface area contributed by atoms with E-state index in [1.54, 1.807) is 24.3 Å². The van der Waals surface area contributed by atoms with Crippen LogP contribution >= 0.6 is 0 Å². The van der Waals surface area contributed by atoms with Crippen LogP contribution in [0.3, 0.4) is 0 Å². The standard InChI is InChI=1S/C21H23NO4/c23-20(24)15-26-19-11-6-9-17(14-19)21(25)22-12-5-4-10-18(22)13-16-7-2-1-3-8-16/h1-3,6-9,11,14,18H,4-5,10,12-13,15H2,(H,23,24). The van der Waals surface area contributed by atoms with E-state index in [9.17, 15) is 9.59 Å². The fourth-order valence-electron chi connectivity index (χ4n) is 3.40. The quantitative estimate of drug-likeness (QED) is 0.864. The van der Waals surface area contributed by atoms with Gasteiger partial charge in [-0.25, -0.2) is 4.79 Å². The highest BCUT2D eigenvalue weighted by molar-refractivity contribution is 5.95. The highest BCUT2D eigenvalue weighted by Gasteiger charge is 2.27. The summed E-state index contributed by atoms with van der Waals surface area (Å²) in [7, 11) is 0. The first-order chi connectivity index (χ1) is 12.6. The van der Waals surface area contributed by atoms with E-state index in [4.69, 9.17) is 9.84 Å². The first-order valence-corrected chi connectivity index (χ1v) is 8.93. The van der Waals surface area contributed by atoms with Gasteiger partial charge in [-0.15, -0.1) is 0 Å². The molecular formula is C21H23NO4. The third-order valence-corrected chi connectivity index (χ3v) is 4.65. The highest BCUT2D eigenvalue weighted by Crippen LogP contribution is 2.24. The number of rotatable bonds is 6. The van der Waals surface area contributed by atoms with E-state index in [1.165, 1.54) is 5.56 Å². The van der Waals surface area contributed by atoms with Crippen molar-refractivity contribution in [1.82, 2.24) is 4.90 Å². The van der Waals surface area contributed by atoms with E-state index in [0.717, 1.165) is 32.2 Å². The number of hydrogen-bond donors (Lipinski definition) is 1. The first kappa shape index (κ1) is 18.0. The van der Waals surface area contributed by atoms with Crippen LogP contribution in [0.2, 0.25) is 0 Å². The molecule has 1 fully saturated rings. The molecule has 136 valence electrons. The summed E-state index contributed by atoms with van der Waals surface area (Å²) in [6.45, 7) is 0.328. The number of ether oxygens (including phenoxy) is 1. The average molecular weight is 353 g/mol. The number of carbonyl (C=O) groups excluding carboxylic acids is 1. The third kappa shape index (κ3) is 4.63. The summed E-state index contributed by atoms with van der Waals surface area (Å²) in [5.41, 5.74) is 1.77. The van der Waals surface area contributed by atoms with Crippen molar-refractivity contribution in [3.8, 4) is 5.75 Å². The zero-order chi connectivity index (χ0) is 18.4. The molecule has 0 aliphatic carbocycles. The summed E-state index contributed by atoms with van der Waals surface area (Å²) in [6, 6.07) is 17.2. The summed E-state index contributed by atoms with van der Waals surface area (Å²) in [6.07, 6.45) is 3.98. The van der Waals surface area contributed by atoms with E-state index in [-0.39, 0.29) is 11.9 Å². The molecule has 2 aromatic carbocycles. The van der Waals surface area contributed by atoms with Gasteiger partial charge >= 0.3 is 5.97 Å². The van der Waals surface area contributed by atoms with Crippen LogP contribution in [0.1, 0.15) is 35.2 Å². The van der Waals surface area contributed by atoms with Crippen molar-refractivity contribution in [1.29, 1.82) is 0 Å². The normalized spacial score (nSPS) is 16.9. The lowest BCUT2D eigenvalue weighted by Crippen LogP contribution is -2.44. The van der Waals surface area contributed by atoms with Crippen molar-refractivity contribution in [3.05, 3.63) is 65.7 Å². The van der Waals surface area contributed by atoms with Gasteiger partial charge in [0.25, 0.3) is 5.91 Å². The van der Waals surface area contributed by atoms with E-state index in [2.05, 4.69) is 12.1 Å². The van der Waals surface area contributed by atoms with Gasteiger partial charge in [0.05, 0.1) is 0 Å². The third-order valence-electron chi connectivity index (χ3n) is 4.65. The summed E-state index contributed by atoms with van der Waals surface area (Å²) in [5, 5.41) is 8.73. The summed E-state index contributed by atoms with van der Waals surface area (Å²) in [5.74, 6) is -0.665. The SMILES string of the molecule is O=C(O)COc1cccc(C(=O)N2CCCCC2Cc2ccccc2)c1. The van der Waals surface area contributed by atoms with Crippen LogP contribution in [0.25, 0.3) is 0 Å². The lowest BCUT2D eigenvalue weighted by Gasteiger charge is -2.36. The van der Waals surface area contributed by atoms with Crippen molar-refractivity contribution in [3.63, 3.8) is 0 Å². The van der Waals surface area contributed by atoms with Crippen LogP contribution in [-0.4, -0.2) is 41.1 Å². The van der Waals surface area contributed by atoms with Crippen LogP contribution < -0.4 is 4.74 Å². The maximum Gasteiger partial charge on any atom is 0.341 e. The van der Waals surface area contributed by atoms with Crippen molar-refractivity contribution >= 4 is 11.9 Å². The zero-order valence-corrected chi connectivity index (χ0v) is 14.6. The molecular weight excluding hydrogens is 330 g/mol. The summed E-state index contributed by atoms with van der Waals surface area (Å²) >= 11 is 0. The van der Waals surface area contributed by atoms with Crippen molar-refractivity contribution in [2.24, 2.45) is 0 Å². The number of carboxylic acids is 1. The van der Waals surface area contributed by atoms with Crippen LogP contribution in [-0.2, 0) is 11.2 Å². The van der Waals surface area contributed by atoms with Crippen LogP contribution in [0.4, 0.5) is 0 Å². The first-order valence-electron chi connectivity index (χ1n) is 8.93. The van der Waals surface area contributed by atoms with Gasteiger partial charge in [0.15, 0.2) is 6.61 Å². The van der Waals surface area contributed by atoms with Crippen molar-refractivity contribution < 1.29 is 19.4 Å². The molecule has 5 nitrogen and oxygen atoms in total. The zero-order valence-electron chi connectivity index (χ0n) is 14.6. The van der Waals surface area contributed by atoms with Crippen molar-refractivity contribution in [2.45, 2.75) is 31.7 Å². The fraction of sp³-hybridized carbons (Fsp3) is 0.333. The predicted octanol–water partition coefficient (Wildman–Crippen LogP) is 3.39. The minimum absolute atomic E-state index is 0.0218. The molecule has 1 N–H and O–H groups in total. The molecule has 0 saturated carbocycles. The van der Waals surface area contributed by atoms with Crippen LogP contribution in [0, 0.1) is 0 Å². The topological polar surface area (TPSA) is 66.8 Å². The van der Waals surface area contributed by atoms with E-state index in [1.807, 2.05) is 23.1 Å². The fourth-order valence-corrected chi connectivity index (χ4v) is 3.40. The number of piperidine rings is 1. The second-order valence-electron chi connectivity index (χ2n) is 6.55. The molecule has 26 heavy (non-hydrogen) atoms. The number of carboxylic acid groups (broad SMARTS) is 1. The molecule has 0 aromatic heterocycles. The number of benzene rings is 2. The number of amides is 1. The maximum absolute atomic E-state index is 13.0. The lowest BCUT2D eigenvalue weighted by atomic mass is 9.95. The Kier molecular flexibility index (Phi) is 5.89. The van der Waals surface area contributed by atoms with Gasteiger partial charge < -0.3 is 14.7 Å². The number of likely N-dealkylation sites (tertiary alicyclic amines) is 1. The number of hydrogen-bond acceptors (Lipinski definition) is 3. The largest absolute Gasteiger partial charge is 0.482 e. The predicted molar refractivity (Wildman–Crippen MR) is 98.4 cm³/mol. The number of aliphatic carboxylic acids is 1. The maximum atomic E-state index is 13.0. The Labute approximate surface area is 153 Å². The van der Waals surface area contributed by atoms with E-state index >= 15 is 0 Å². The van der Waals surface area contributed by atoms with E-state index in [0.29, 0.717) is 11.3 Å². The summed E-state index contributed by atoms with van der Waals surface area (Å²) < 4.78 is 5.20. The van der Waals surface area contributed by atoms with E-state index < -0.39 is 12.6 Å². The minimum atomic E-state index is -1.04. The second kappa shape index (κ2) is 8.52. The Morgan fingerprint density at radius 1 is 1.08 bits per heavy atom. The Hall–Kier alpha value is -2.82. The Balaban J connectivity index is 1.74. The van der Waals surface area contributed by atoms with Crippen molar-refractivity contribution in [2.75, 3.05) is 13.2 Å². The Morgan fingerprint density at radius 3 is 2.65 bits per heavy atom. The average Bonchev–Trinajstić information content (AvgIpc) is 2.67. The molecule has 3 rings (SSSR count). The molecule has 1 aliphatic rings. The van der Waals surface area contributed by atoms with Gasteiger partial charge in [0.1, 0.15) is 5.75 Å². The Morgan fingerprint density at radius 2 is 1.88 bits per heavy atom. The van der Waals surface area contributed by atoms with Gasteiger partial charge in [0.2, 0.25) is 0 Å². The molecule has 1 atom stereocenters. The monoisotopic (exact) mass is 353 g/mol. The molecule has 1 unspecified atom stereocenters. The number of carbonyl (C=O) groups is 2. The lowest BCUT2D eigenvalue weighted by molar-refractivity contribution is -0.139. The highest BCUT2D eigenvalue weighted by atomic mass is 16.5. The molecule has 1 amide bonds. The molecule has 1 aliphatic heterocycles. The van der Waals surface area contributed by atoms with Gasteiger partial charge in [-0.1, -0.05) is 36.4 Å². The summed E-state index contributed by atoms with van der Waals surface area (Å²) in [4.78, 5) is 25.7. The molecule has 1 saturated heterocycles. The molecule has 5 heteroatoms.